The Labute approximate surface area is 120 Å². The molecular formula is C14H23FN2O2S. The van der Waals surface area contributed by atoms with Gasteiger partial charge in [0.05, 0.1) is 4.90 Å². The van der Waals surface area contributed by atoms with E-state index in [2.05, 4.69) is 4.72 Å². The minimum Gasteiger partial charge on any atom is -0.326 e. The van der Waals surface area contributed by atoms with Crippen molar-refractivity contribution in [2.24, 2.45) is 5.73 Å². The van der Waals surface area contributed by atoms with Gasteiger partial charge in [-0.2, -0.15) is 0 Å². The van der Waals surface area contributed by atoms with Crippen molar-refractivity contribution < 1.29 is 12.8 Å². The summed E-state index contributed by atoms with van der Waals surface area (Å²) in [4.78, 5) is -0.0697. The largest absolute Gasteiger partial charge is 0.326 e. The van der Waals surface area contributed by atoms with Gasteiger partial charge >= 0.3 is 0 Å². The van der Waals surface area contributed by atoms with Gasteiger partial charge in [-0.05, 0) is 37.0 Å². The quantitative estimate of drug-likeness (QED) is 0.813. The van der Waals surface area contributed by atoms with Crippen molar-refractivity contribution in [2.45, 2.75) is 57.0 Å². The van der Waals surface area contributed by atoms with Gasteiger partial charge in [0.1, 0.15) is 5.82 Å². The Morgan fingerprint density at radius 2 is 1.75 bits per heavy atom. The van der Waals surface area contributed by atoms with Gasteiger partial charge in [-0.25, -0.2) is 17.5 Å². The maximum atomic E-state index is 13.4. The zero-order valence-corrected chi connectivity index (χ0v) is 13.1. The summed E-state index contributed by atoms with van der Waals surface area (Å²) in [6.45, 7) is 5.86. The molecule has 0 heterocycles. The molecule has 0 saturated heterocycles. The summed E-state index contributed by atoms with van der Waals surface area (Å²) in [5.74, 6) is -0.585. The second kappa shape index (κ2) is 6.65. The predicted octanol–water partition coefficient (Wildman–Crippen LogP) is 2.53. The van der Waals surface area contributed by atoms with Crippen molar-refractivity contribution in [3.63, 3.8) is 0 Å². The minimum absolute atomic E-state index is 0.0495. The summed E-state index contributed by atoms with van der Waals surface area (Å²) in [5.41, 5.74) is 5.45. The Balaban J connectivity index is 3.27. The molecule has 1 aromatic carbocycles. The Bertz CT molecular complexity index is 546. The molecule has 0 radical (unpaired) electrons. The zero-order chi connectivity index (χ0) is 15.4. The van der Waals surface area contributed by atoms with Gasteiger partial charge in [-0.15, -0.1) is 0 Å². The van der Waals surface area contributed by atoms with Crippen LogP contribution in [0.2, 0.25) is 0 Å². The summed E-state index contributed by atoms with van der Waals surface area (Å²) in [6, 6.07) is 3.65. The third-order valence-corrected chi connectivity index (χ3v) is 5.58. The lowest BCUT2D eigenvalue weighted by atomic mass is 9.91. The number of hydrogen-bond donors (Lipinski definition) is 2. The molecule has 0 fully saturated rings. The molecule has 3 N–H and O–H groups in total. The maximum Gasteiger partial charge on any atom is 0.241 e. The molecule has 0 aliphatic rings. The van der Waals surface area contributed by atoms with Crippen molar-refractivity contribution in [3.8, 4) is 0 Å². The van der Waals surface area contributed by atoms with E-state index in [4.69, 9.17) is 5.73 Å². The number of benzene rings is 1. The number of halogens is 1. The Morgan fingerprint density at radius 3 is 2.20 bits per heavy atom. The van der Waals surface area contributed by atoms with Crippen LogP contribution in [0.15, 0.2) is 23.1 Å². The van der Waals surface area contributed by atoms with Crippen LogP contribution < -0.4 is 10.5 Å². The lowest BCUT2D eigenvalue weighted by molar-refractivity contribution is 0.341. The van der Waals surface area contributed by atoms with Gasteiger partial charge in [-0.1, -0.05) is 26.8 Å². The number of nitrogens with two attached hydrogens (primary N) is 1. The molecule has 0 bridgehead atoms. The first-order valence-electron chi connectivity index (χ1n) is 6.86. The molecule has 1 rings (SSSR count). The van der Waals surface area contributed by atoms with E-state index < -0.39 is 21.4 Å². The lowest BCUT2D eigenvalue weighted by Gasteiger charge is -2.31. The lowest BCUT2D eigenvalue weighted by Crippen LogP contribution is -2.47. The Hall–Kier alpha value is -0.980. The van der Waals surface area contributed by atoms with E-state index in [9.17, 15) is 12.8 Å². The summed E-state index contributed by atoms with van der Waals surface area (Å²) >= 11 is 0. The van der Waals surface area contributed by atoms with Crippen molar-refractivity contribution in [3.05, 3.63) is 29.6 Å². The number of hydrogen-bond acceptors (Lipinski definition) is 3. The fourth-order valence-corrected chi connectivity index (χ4v) is 4.13. The Morgan fingerprint density at radius 1 is 1.20 bits per heavy atom. The van der Waals surface area contributed by atoms with E-state index in [1.165, 1.54) is 12.1 Å². The SMILES string of the molecule is CCC(CC)(CC)NS(=O)(=O)c1cc(F)ccc1CN. The fraction of sp³-hybridized carbons (Fsp3) is 0.571. The van der Waals surface area contributed by atoms with Crippen molar-refractivity contribution >= 4 is 10.0 Å². The molecule has 20 heavy (non-hydrogen) atoms. The molecule has 114 valence electrons. The van der Waals surface area contributed by atoms with Crippen LogP contribution in [0.5, 0.6) is 0 Å². The molecule has 4 nitrogen and oxygen atoms in total. The van der Waals surface area contributed by atoms with E-state index >= 15 is 0 Å². The third kappa shape index (κ3) is 3.56. The molecule has 0 atom stereocenters. The average Bonchev–Trinajstić information content (AvgIpc) is 2.45. The van der Waals surface area contributed by atoms with Gasteiger partial charge < -0.3 is 5.73 Å². The van der Waals surface area contributed by atoms with E-state index in [1.54, 1.807) is 0 Å². The zero-order valence-electron chi connectivity index (χ0n) is 12.2. The maximum absolute atomic E-state index is 13.4. The standard InChI is InChI=1S/C14H23FN2O2S/c1-4-14(5-2,6-3)17-20(18,19)13-9-12(15)8-7-11(13)10-16/h7-9,17H,4-6,10,16H2,1-3H3. The number of nitrogens with one attached hydrogen (secondary N) is 1. The average molecular weight is 302 g/mol. The topological polar surface area (TPSA) is 72.2 Å². The molecule has 0 aliphatic heterocycles. The molecule has 0 amide bonds. The highest BCUT2D eigenvalue weighted by molar-refractivity contribution is 7.89. The fourth-order valence-electron chi connectivity index (χ4n) is 2.25. The highest BCUT2D eigenvalue weighted by Crippen LogP contribution is 2.24. The van der Waals surface area contributed by atoms with Crippen molar-refractivity contribution in [2.75, 3.05) is 0 Å². The molecule has 0 saturated carbocycles. The summed E-state index contributed by atoms with van der Waals surface area (Å²) in [6.07, 6.45) is 2.02. The molecule has 1 aromatic rings. The molecule has 0 spiro atoms. The summed E-state index contributed by atoms with van der Waals surface area (Å²) in [7, 11) is -3.79. The molecule has 0 aromatic heterocycles. The van der Waals surface area contributed by atoms with Crippen LogP contribution in [0.4, 0.5) is 4.39 Å². The first kappa shape index (κ1) is 17.1. The second-order valence-corrected chi connectivity index (χ2v) is 6.55. The van der Waals surface area contributed by atoms with Gasteiger partial charge in [0.15, 0.2) is 0 Å². The van der Waals surface area contributed by atoms with Crippen LogP contribution in [0.1, 0.15) is 45.6 Å². The van der Waals surface area contributed by atoms with Crippen molar-refractivity contribution in [1.29, 1.82) is 0 Å². The first-order valence-corrected chi connectivity index (χ1v) is 8.35. The summed E-state index contributed by atoms with van der Waals surface area (Å²) in [5, 5.41) is 0. The molecular weight excluding hydrogens is 279 g/mol. The number of rotatable bonds is 7. The monoisotopic (exact) mass is 302 g/mol. The number of sulfonamides is 1. The van der Waals surface area contributed by atoms with Gasteiger partial charge in [-0.3, -0.25) is 0 Å². The molecule has 0 aliphatic carbocycles. The van der Waals surface area contributed by atoms with Crippen LogP contribution in [0.3, 0.4) is 0 Å². The molecule has 0 unspecified atom stereocenters. The summed E-state index contributed by atoms with van der Waals surface area (Å²) < 4.78 is 41.1. The minimum atomic E-state index is -3.79. The van der Waals surface area contributed by atoms with Gasteiger partial charge in [0, 0.05) is 12.1 Å². The van der Waals surface area contributed by atoms with E-state index in [0.717, 1.165) is 6.07 Å². The van der Waals surface area contributed by atoms with E-state index in [-0.39, 0.29) is 11.4 Å². The van der Waals surface area contributed by atoms with Crippen LogP contribution in [0.25, 0.3) is 0 Å². The van der Waals surface area contributed by atoms with Gasteiger partial charge in [0.2, 0.25) is 10.0 Å². The third-order valence-electron chi connectivity index (χ3n) is 3.92. The van der Waals surface area contributed by atoms with E-state index in [1.807, 2.05) is 20.8 Å². The van der Waals surface area contributed by atoms with E-state index in [0.29, 0.717) is 24.8 Å². The van der Waals surface area contributed by atoms with Crippen molar-refractivity contribution in [1.82, 2.24) is 4.72 Å². The van der Waals surface area contributed by atoms with Crippen LogP contribution in [-0.4, -0.2) is 14.0 Å². The van der Waals surface area contributed by atoms with Gasteiger partial charge in [0.25, 0.3) is 0 Å². The highest BCUT2D eigenvalue weighted by Gasteiger charge is 2.31. The first-order chi connectivity index (χ1) is 9.34. The van der Waals surface area contributed by atoms with Crippen LogP contribution in [0, 0.1) is 5.82 Å². The predicted molar refractivity (Wildman–Crippen MR) is 78.2 cm³/mol. The highest BCUT2D eigenvalue weighted by atomic mass is 32.2. The smallest absolute Gasteiger partial charge is 0.241 e. The van der Waals surface area contributed by atoms with Crippen LogP contribution in [-0.2, 0) is 16.6 Å². The normalized spacial score (nSPS) is 12.7. The molecule has 6 heteroatoms. The second-order valence-electron chi connectivity index (χ2n) is 4.90. The Kier molecular flexibility index (Phi) is 5.68. The van der Waals surface area contributed by atoms with Crippen LogP contribution >= 0.6 is 0 Å².